The van der Waals surface area contributed by atoms with Gasteiger partial charge in [0.15, 0.2) is 16.9 Å². The van der Waals surface area contributed by atoms with Crippen molar-refractivity contribution in [3.8, 4) is 22.6 Å². The van der Waals surface area contributed by atoms with E-state index in [4.69, 9.17) is 0 Å². The number of pyridine rings is 2. The first-order chi connectivity index (χ1) is 14.0. The van der Waals surface area contributed by atoms with E-state index in [1.165, 1.54) is 6.07 Å². The molecule has 0 bridgehead atoms. The van der Waals surface area contributed by atoms with Crippen LogP contribution >= 0.6 is 0 Å². The molecular formula is C23H17FN4O. The number of aryl methyl sites for hydroxylation is 1. The molecule has 5 rings (SSSR count). The van der Waals surface area contributed by atoms with Gasteiger partial charge in [0.25, 0.3) is 0 Å². The Hall–Kier alpha value is -3.80. The number of aromatic amines is 1. The summed E-state index contributed by atoms with van der Waals surface area (Å²) in [4.78, 5) is 20.6. The van der Waals surface area contributed by atoms with Gasteiger partial charge in [-0.3, -0.25) is 4.79 Å². The number of para-hydroxylation sites is 1. The molecule has 0 atom stereocenters. The Morgan fingerprint density at radius 2 is 1.79 bits per heavy atom. The Morgan fingerprint density at radius 3 is 2.62 bits per heavy atom. The van der Waals surface area contributed by atoms with Crippen LogP contribution < -0.4 is 5.43 Å². The lowest BCUT2D eigenvalue weighted by molar-refractivity contribution is 0.619. The topological polar surface area (TPSA) is 63.0 Å². The highest BCUT2D eigenvalue weighted by Crippen LogP contribution is 2.24. The van der Waals surface area contributed by atoms with Crippen molar-refractivity contribution in [1.29, 1.82) is 0 Å². The third kappa shape index (κ3) is 2.81. The van der Waals surface area contributed by atoms with Crippen molar-refractivity contribution in [2.24, 2.45) is 0 Å². The van der Waals surface area contributed by atoms with Crippen LogP contribution in [-0.4, -0.2) is 19.6 Å². The van der Waals surface area contributed by atoms with Crippen LogP contribution in [0.1, 0.15) is 11.1 Å². The van der Waals surface area contributed by atoms with E-state index in [0.717, 1.165) is 16.6 Å². The van der Waals surface area contributed by atoms with Gasteiger partial charge in [0.2, 0.25) is 0 Å². The summed E-state index contributed by atoms with van der Waals surface area (Å²) in [5.41, 5.74) is 4.72. The van der Waals surface area contributed by atoms with Crippen LogP contribution in [0, 0.1) is 19.7 Å². The summed E-state index contributed by atoms with van der Waals surface area (Å²) in [5.74, 6) is 0.198. The predicted octanol–water partition coefficient (Wildman–Crippen LogP) is 4.66. The van der Waals surface area contributed by atoms with Gasteiger partial charge in [-0.1, -0.05) is 24.3 Å². The fourth-order valence-corrected chi connectivity index (χ4v) is 3.49. The Balaban J connectivity index is 1.66. The first kappa shape index (κ1) is 17.3. The highest BCUT2D eigenvalue weighted by Gasteiger charge is 2.15. The van der Waals surface area contributed by atoms with E-state index in [1.54, 1.807) is 30.5 Å². The lowest BCUT2D eigenvalue weighted by Crippen LogP contribution is -2.09. The molecule has 0 saturated heterocycles. The maximum Gasteiger partial charge on any atom is 0.198 e. The summed E-state index contributed by atoms with van der Waals surface area (Å²) >= 11 is 0. The summed E-state index contributed by atoms with van der Waals surface area (Å²) in [6.07, 6.45) is 1.81. The van der Waals surface area contributed by atoms with Crippen molar-refractivity contribution in [2.45, 2.75) is 13.8 Å². The molecule has 0 spiro atoms. The number of aromatic nitrogens is 4. The molecule has 3 heterocycles. The van der Waals surface area contributed by atoms with Crippen LogP contribution in [0.25, 0.3) is 39.2 Å². The quantitative estimate of drug-likeness (QED) is 0.481. The number of fused-ring (bicyclic) bond motifs is 2. The Kier molecular flexibility index (Phi) is 3.81. The van der Waals surface area contributed by atoms with E-state index in [-0.39, 0.29) is 11.2 Å². The molecule has 0 aliphatic carbocycles. The first-order valence-corrected chi connectivity index (χ1v) is 9.26. The Bertz CT molecular complexity index is 1470. The van der Waals surface area contributed by atoms with E-state index in [9.17, 15) is 9.18 Å². The number of rotatable bonds is 2. The second kappa shape index (κ2) is 6.38. The first-order valence-electron chi connectivity index (χ1n) is 9.26. The van der Waals surface area contributed by atoms with Gasteiger partial charge in [-0.05, 0) is 55.3 Å². The molecule has 142 valence electrons. The van der Waals surface area contributed by atoms with E-state index in [2.05, 4.69) is 15.1 Å². The fourth-order valence-electron chi connectivity index (χ4n) is 3.49. The minimum Gasteiger partial charge on any atom is -0.351 e. The lowest BCUT2D eigenvalue weighted by Gasteiger charge is -2.05. The summed E-state index contributed by atoms with van der Waals surface area (Å²) in [6.45, 7) is 3.51. The van der Waals surface area contributed by atoms with Gasteiger partial charge in [0, 0.05) is 28.2 Å². The van der Waals surface area contributed by atoms with E-state index in [0.29, 0.717) is 33.7 Å². The maximum atomic E-state index is 13.9. The monoisotopic (exact) mass is 384 g/mol. The van der Waals surface area contributed by atoms with Crippen molar-refractivity contribution in [2.75, 3.05) is 0 Å². The number of halogens is 1. The summed E-state index contributed by atoms with van der Waals surface area (Å²) in [5, 5.41) is 5.20. The second-order valence-electron chi connectivity index (χ2n) is 7.12. The van der Waals surface area contributed by atoms with Crippen LogP contribution in [0.5, 0.6) is 0 Å². The van der Waals surface area contributed by atoms with Crippen molar-refractivity contribution < 1.29 is 4.39 Å². The molecule has 0 saturated carbocycles. The molecule has 1 N–H and O–H groups in total. The summed E-state index contributed by atoms with van der Waals surface area (Å²) in [6, 6.07) is 16.2. The Morgan fingerprint density at radius 1 is 1.00 bits per heavy atom. The minimum atomic E-state index is -0.244. The number of nitrogens with zero attached hydrogens (tertiary/aromatic N) is 3. The zero-order valence-electron chi connectivity index (χ0n) is 15.9. The van der Waals surface area contributed by atoms with Crippen LogP contribution in [-0.2, 0) is 0 Å². The van der Waals surface area contributed by atoms with Gasteiger partial charge >= 0.3 is 0 Å². The number of nitrogens with one attached hydrogen (secondary N) is 1. The molecule has 0 unspecified atom stereocenters. The van der Waals surface area contributed by atoms with Crippen molar-refractivity contribution in [1.82, 2.24) is 19.6 Å². The second-order valence-corrected chi connectivity index (χ2v) is 7.12. The van der Waals surface area contributed by atoms with Crippen LogP contribution in [0.3, 0.4) is 0 Å². The third-order valence-electron chi connectivity index (χ3n) is 5.21. The van der Waals surface area contributed by atoms with Gasteiger partial charge in [-0.25, -0.2) is 13.9 Å². The largest absolute Gasteiger partial charge is 0.351 e. The van der Waals surface area contributed by atoms with Crippen molar-refractivity contribution in [3.05, 3.63) is 88.0 Å². The number of hydrogen-bond donors (Lipinski definition) is 1. The van der Waals surface area contributed by atoms with Crippen molar-refractivity contribution in [3.63, 3.8) is 0 Å². The van der Waals surface area contributed by atoms with E-state index >= 15 is 0 Å². The zero-order valence-corrected chi connectivity index (χ0v) is 15.9. The minimum absolute atomic E-state index is 0.0379. The summed E-state index contributed by atoms with van der Waals surface area (Å²) < 4.78 is 15.6. The van der Waals surface area contributed by atoms with Crippen LogP contribution in [0.15, 0.2) is 65.6 Å². The highest BCUT2D eigenvalue weighted by molar-refractivity contribution is 5.82. The SMILES string of the molecule is Cc1ccc(-c2ccc3nc(-c4[nH]c5ccccc5c(=O)c4C)nn3c2)cc1F. The van der Waals surface area contributed by atoms with Gasteiger partial charge in [0.05, 0.1) is 5.69 Å². The smallest absolute Gasteiger partial charge is 0.198 e. The van der Waals surface area contributed by atoms with Gasteiger partial charge in [-0.15, -0.1) is 5.10 Å². The molecule has 29 heavy (non-hydrogen) atoms. The molecule has 0 aliphatic heterocycles. The molecule has 2 aromatic carbocycles. The summed E-state index contributed by atoms with van der Waals surface area (Å²) in [7, 11) is 0. The molecule has 0 aliphatic rings. The van der Waals surface area contributed by atoms with Gasteiger partial charge in [-0.2, -0.15) is 0 Å². The maximum absolute atomic E-state index is 13.9. The third-order valence-corrected chi connectivity index (χ3v) is 5.21. The molecule has 0 radical (unpaired) electrons. The molecule has 3 aromatic heterocycles. The number of H-pyrrole nitrogens is 1. The van der Waals surface area contributed by atoms with Gasteiger partial charge in [0.1, 0.15) is 5.82 Å². The molecular weight excluding hydrogens is 367 g/mol. The predicted molar refractivity (Wildman–Crippen MR) is 111 cm³/mol. The molecule has 0 fully saturated rings. The van der Waals surface area contributed by atoms with E-state index < -0.39 is 0 Å². The van der Waals surface area contributed by atoms with Gasteiger partial charge < -0.3 is 4.98 Å². The lowest BCUT2D eigenvalue weighted by atomic mass is 10.1. The van der Waals surface area contributed by atoms with E-state index in [1.807, 2.05) is 42.6 Å². The fraction of sp³-hybridized carbons (Fsp3) is 0.0870. The van der Waals surface area contributed by atoms with Crippen LogP contribution in [0.2, 0.25) is 0 Å². The normalized spacial score (nSPS) is 11.4. The molecule has 6 heteroatoms. The number of hydrogen-bond acceptors (Lipinski definition) is 3. The standard InChI is InChI=1S/C23H17FN4O/c1-13-7-8-15(11-18(13)24)16-9-10-20-26-23(27-28(20)12-16)21-14(2)22(29)17-5-3-4-6-19(17)25-21/h3-12H,1-2H3,(H,25,29). The molecule has 0 amide bonds. The average Bonchev–Trinajstić information content (AvgIpc) is 3.16. The van der Waals surface area contributed by atoms with Crippen LogP contribution in [0.4, 0.5) is 4.39 Å². The Labute approximate surface area is 165 Å². The number of benzene rings is 2. The molecule has 5 aromatic rings. The average molecular weight is 384 g/mol. The zero-order chi connectivity index (χ0) is 20.1. The van der Waals surface area contributed by atoms with Crippen molar-refractivity contribution >= 4 is 16.6 Å². The molecule has 5 nitrogen and oxygen atoms in total. The highest BCUT2D eigenvalue weighted by atomic mass is 19.1.